The summed E-state index contributed by atoms with van der Waals surface area (Å²) in [5, 5.41) is 8.55. The van der Waals surface area contributed by atoms with Crippen LogP contribution in [0.15, 0.2) is 24.4 Å². The van der Waals surface area contributed by atoms with E-state index in [1.807, 2.05) is 6.26 Å². The van der Waals surface area contributed by atoms with Crippen LogP contribution in [0.4, 0.5) is 36.3 Å². The van der Waals surface area contributed by atoms with Crippen LogP contribution < -0.4 is 16.0 Å². The fourth-order valence-corrected chi connectivity index (χ4v) is 3.98. The SMILES string of the molecule is CS[C@@H]1COC[C@H]1Nc1nc(Nc2ccc3c(c2)CC(=O)N3)ncc1C(F)(F)F. The highest BCUT2D eigenvalue weighted by molar-refractivity contribution is 7.99. The first-order valence-electron chi connectivity index (χ1n) is 8.84. The van der Waals surface area contributed by atoms with E-state index in [-0.39, 0.29) is 35.4 Å². The molecule has 0 saturated carbocycles. The maximum atomic E-state index is 13.4. The Hall–Kier alpha value is -2.53. The van der Waals surface area contributed by atoms with E-state index in [1.165, 1.54) is 11.8 Å². The molecule has 3 heterocycles. The molecule has 7 nitrogen and oxygen atoms in total. The fraction of sp³-hybridized carbons (Fsp3) is 0.389. The Bertz CT molecular complexity index is 940. The zero-order valence-electron chi connectivity index (χ0n) is 15.3. The fourth-order valence-electron chi connectivity index (χ4n) is 3.27. The van der Waals surface area contributed by atoms with Gasteiger partial charge < -0.3 is 20.7 Å². The summed E-state index contributed by atoms with van der Waals surface area (Å²) in [7, 11) is 0. The number of amides is 1. The summed E-state index contributed by atoms with van der Waals surface area (Å²) in [6.45, 7) is 0.777. The summed E-state index contributed by atoms with van der Waals surface area (Å²) < 4.78 is 45.7. The molecule has 2 aliphatic rings. The summed E-state index contributed by atoms with van der Waals surface area (Å²) in [5.41, 5.74) is 1.17. The van der Waals surface area contributed by atoms with Gasteiger partial charge in [-0.2, -0.15) is 29.9 Å². The Morgan fingerprint density at radius 1 is 1.31 bits per heavy atom. The van der Waals surface area contributed by atoms with E-state index in [0.29, 0.717) is 18.9 Å². The highest BCUT2D eigenvalue weighted by Crippen LogP contribution is 2.35. The summed E-state index contributed by atoms with van der Waals surface area (Å²) >= 11 is 1.53. The van der Waals surface area contributed by atoms with Gasteiger partial charge in [0, 0.05) is 17.6 Å². The second kappa shape index (κ2) is 7.71. The first-order chi connectivity index (χ1) is 13.8. The topological polar surface area (TPSA) is 88.2 Å². The van der Waals surface area contributed by atoms with Gasteiger partial charge in [-0.15, -0.1) is 0 Å². The number of rotatable bonds is 5. The molecule has 11 heteroatoms. The summed E-state index contributed by atoms with van der Waals surface area (Å²) in [5.74, 6) is -0.364. The molecule has 4 rings (SSSR count). The van der Waals surface area contributed by atoms with Gasteiger partial charge in [0.05, 0.1) is 30.9 Å². The number of carbonyl (C=O) groups is 1. The Morgan fingerprint density at radius 3 is 2.90 bits per heavy atom. The first-order valence-corrected chi connectivity index (χ1v) is 10.1. The molecule has 1 fully saturated rings. The van der Waals surface area contributed by atoms with Crippen LogP contribution in [-0.4, -0.2) is 46.6 Å². The maximum absolute atomic E-state index is 13.4. The third-order valence-electron chi connectivity index (χ3n) is 4.73. The number of nitrogens with one attached hydrogen (secondary N) is 3. The molecule has 2 aromatic rings. The number of benzene rings is 1. The molecular weight excluding hydrogens is 407 g/mol. The summed E-state index contributed by atoms with van der Waals surface area (Å²) in [6, 6.07) is 4.89. The molecule has 0 bridgehead atoms. The van der Waals surface area contributed by atoms with E-state index in [4.69, 9.17) is 4.74 Å². The average molecular weight is 425 g/mol. The number of carbonyl (C=O) groups excluding carboxylic acids is 1. The minimum Gasteiger partial charge on any atom is -0.378 e. The lowest BCUT2D eigenvalue weighted by Gasteiger charge is -2.21. The van der Waals surface area contributed by atoms with Crippen molar-refractivity contribution in [2.24, 2.45) is 0 Å². The molecule has 2 atom stereocenters. The molecular formula is C18H18F3N5O2S. The van der Waals surface area contributed by atoms with Crippen molar-refractivity contribution in [2.45, 2.75) is 23.9 Å². The van der Waals surface area contributed by atoms with Crippen LogP contribution in [0.1, 0.15) is 11.1 Å². The van der Waals surface area contributed by atoms with Gasteiger partial charge in [0.25, 0.3) is 0 Å². The standard InChI is InChI=1S/C18H18F3N5O2S/c1-29-14-8-28-7-13(14)25-16-11(18(19,20)21)6-22-17(26-16)23-10-2-3-12-9(4-10)5-15(27)24-12/h2-4,6,13-14H,5,7-8H2,1H3,(H,24,27)(H2,22,23,25,26)/t13-,14-/m1/s1. The first kappa shape index (κ1) is 19.8. The Morgan fingerprint density at radius 2 is 2.14 bits per heavy atom. The monoisotopic (exact) mass is 425 g/mol. The van der Waals surface area contributed by atoms with Crippen LogP contribution in [0.25, 0.3) is 0 Å². The molecule has 1 amide bonds. The number of nitrogens with zero attached hydrogens (tertiary/aromatic N) is 2. The molecule has 1 aromatic heterocycles. The van der Waals surface area contributed by atoms with Crippen molar-refractivity contribution < 1.29 is 22.7 Å². The van der Waals surface area contributed by atoms with Crippen LogP contribution >= 0.6 is 11.8 Å². The average Bonchev–Trinajstić information content (AvgIpc) is 3.25. The number of aromatic nitrogens is 2. The quantitative estimate of drug-likeness (QED) is 0.678. The number of thioether (sulfide) groups is 1. The van der Waals surface area contributed by atoms with Gasteiger partial charge in [0.2, 0.25) is 11.9 Å². The smallest absolute Gasteiger partial charge is 0.378 e. The minimum atomic E-state index is -4.59. The van der Waals surface area contributed by atoms with Gasteiger partial charge in [-0.1, -0.05) is 0 Å². The zero-order valence-corrected chi connectivity index (χ0v) is 16.2. The molecule has 29 heavy (non-hydrogen) atoms. The predicted molar refractivity (Wildman–Crippen MR) is 105 cm³/mol. The van der Waals surface area contributed by atoms with Crippen molar-refractivity contribution in [1.29, 1.82) is 0 Å². The van der Waals surface area contributed by atoms with Gasteiger partial charge >= 0.3 is 6.18 Å². The molecule has 1 aromatic carbocycles. The normalized spacial score (nSPS) is 21.0. The van der Waals surface area contributed by atoms with Crippen molar-refractivity contribution in [3.8, 4) is 0 Å². The number of hydrogen-bond acceptors (Lipinski definition) is 7. The van der Waals surface area contributed by atoms with Crippen LogP contribution in [-0.2, 0) is 22.1 Å². The third-order valence-corrected chi connectivity index (χ3v) is 5.80. The molecule has 2 aliphatic heterocycles. The highest BCUT2D eigenvalue weighted by Gasteiger charge is 2.37. The van der Waals surface area contributed by atoms with Gasteiger partial charge in [0.1, 0.15) is 11.4 Å². The van der Waals surface area contributed by atoms with Crippen molar-refractivity contribution >= 4 is 40.8 Å². The number of anilines is 4. The van der Waals surface area contributed by atoms with Crippen molar-refractivity contribution in [2.75, 3.05) is 35.4 Å². The molecule has 0 spiro atoms. The van der Waals surface area contributed by atoms with Gasteiger partial charge in [-0.25, -0.2) is 4.98 Å². The zero-order chi connectivity index (χ0) is 20.6. The van der Waals surface area contributed by atoms with E-state index in [1.54, 1.807) is 18.2 Å². The van der Waals surface area contributed by atoms with Crippen LogP contribution in [0.3, 0.4) is 0 Å². The molecule has 0 aliphatic carbocycles. The van der Waals surface area contributed by atoms with E-state index >= 15 is 0 Å². The number of hydrogen-bond donors (Lipinski definition) is 3. The van der Waals surface area contributed by atoms with Crippen molar-refractivity contribution in [3.05, 3.63) is 35.5 Å². The second-order valence-electron chi connectivity index (χ2n) is 6.74. The second-order valence-corrected chi connectivity index (χ2v) is 7.81. The van der Waals surface area contributed by atoms with Gasteiger partial charge in [0.15, 0.2) is 0 Å². The third kappa shape index (κ3) is 4.25. The van der Waals surface area contributed by atoms with Gasteiger partial charge in [-0.05, 0) is 30.0 Å². The number of halogens is 3. The predicted octanol–water partition coefficient (Wildman–Crippen LogP) is 3.28. The molecule has 0 unspecified atom stereocenters. The van der Waals surface area contributed by atoms with Crippen LogP contribution in [0, 0.1) is 0 Å². The minimum absolute atomic E-state index is 0.0253. The summed E-state index contributed by atoms with van der Waals surface area (Å²) in [6.07, 6.45) is -1.68. The Balaban J connectivity index is 1.60. The summed E-state index contributed by atoms with van der Waals surface area (Å²) in [4.78, 5) is 19.4. The lowest BCUT2D eigenvalue weighted by Crippen LogP contribution is -2.31. The molecule has 1 saturated heterocycles. The lowest BCUT2D eigenvalue weighted by molar-refractivity contribution is -0.137. The maximum Gasteiger partial charge on any atom is 0.421 e. The van der Waals surface area contributed by atoms with Crippen molar-refractivity contribution in [1.82, 2.24) is 9.97 Å². The number of fused-ring (bicyclic) bond motifs is 1. The molecule has 154 valence electrons. The largest absolute Gasteiger partial charge is 0.421 e. The van der Waals surface area contributed by atoms with Crippen molar-refractivity contribution in [3.63, 3.8) is 0 Å². The molecule has 3 N–H and O–H groups in total. The highest BCUT2D eigenvalue weighted by atomic mass is 32.2. The van der Waals surface area contributed by atoms with E-state index < -0.39 is 11.7 Å². The van der Waals surface area contributed by atoms with E-state index in [9.17, 15) is 18.0 Å². The van der Waals surface area contributed by atoms with E-state index in [0.717, 1.165) is 17.4 Å². The van der Waals surface area contributed by atoms with Crippen LogP contribution in [0.2, 0.25) is 0 Å². The Labute approximate surface area is 168 Å². The Kier molecular flexibility index (Phi) is 5.26. The van der Waals surface area contributed by atoms with E-state index in [2.05, 4.69) is 25.9 Å². The number of alkyl halides is 3. The van der Waals surface area contributed by atoms with Gasteiger partial charge in [-0.3, -0.25) is 4.79 Å². The number of ether oxygens (including phenoxy) is 1. The molecule has 0 radical (unpaired) electrons. The lowest BCUT2D eigenvalue weighted by atomic mass is 10.1. The van der Waals surface area contributed by atoms with Crippen LogP contribution in [0.5, 0.6) is 0 Å².